The molecular weight excluding hydrogens is 1120 g/mol. The van der Waals surface area contributed by atoms with Crippen molar-refractivity contribution in [3.8, 4) is 0 Å². The van der Waals surface area contributed by atoms with Crippen LogP contribution in [0.25, 0.3) is 16.9 Å². The molecule has 0 saturated heterocycles. The third kappa shape index (κ3) is 36.6. The summed E-state index contributed by atoms with van der Waals surface area (Å²) in [4.78, 5) is 0. The Morgan fingerprint density at radius 2 is 0.518 bits per heavy atom. The fourth-order valence-electron chi connectivity index (χ4n) is 12.4. The predicted octanol–water partition coefficient (Wildman–Crippen LogP) is 27.1. The Kier molecular flexibility index (Phi) is 49.0. The summed E-state index contributed by atoms with van der Waals surface area (Å²) in [6.45, 7) is 17.9. The molecular formula is C82H130N2Pd. The molecule has 0 N–H and O–H groups in total. The quantitative estimate of drug-likeness (QED) is 0.0182. The Morgan fingerprint density at radius 1 is 0.294 bits per heavy atom. The molecule has 0 radical (unpaired) electrons. The van der Waals surface area contributed by atoms with Gasteiger partial charge in [0.25, 0.3) is 0 Å². The monoisotopic (exact) mass is 1250 g/mol. The number of aryl methyl sites for hydroxylation is 6. The maximum Gasteiger partial charge on any atom is 2.00 e. The normalized spacial score (nSPS) is 12.1. The minimum Gasteiger partial charge on any atom is -0.493 e. The van der Waals surface area contributed by atoms with Crippen molar-refractivity contribution in [2.45, 2.75) is 351 Å². The molecule has 1 heterocycles. The first-order valence-corrected chi connectivity index (χ1v) is 36.4. The molecule has 0 spiro atoms. The molecule has 0 aliphatic carbocycles. The van der Waals surface area contributed by atoms with Crippen LogP contribution in [-0.2, 0) is 46.1 Å². The van der Waals surface area contributed by atoms with Gasteiger partial charge in [-0.05, 0) is 111 Å². The Hall–Kier alpha value is -3.38. The zero-order valence-electron chi connectivity index (χ0n) is 56.8. The second-order valence-electron chi connectivity index (χ2n) is 25.6. The van der Waals surface area contributed by atoms with Crippen molar-refractivity contribution in [3.63, 3.8) is 0 Å². The topological polar surface area (TPSA) is 25.3 Å². The van der Waals surface area contributed by atoms with Gasteiger partial charge >= 0.3 is 20.4 Å². The van der Waals surface area contributed by atoms with Gasteiger partial charge in [-0.2, -0.15) is 71.8 Å². The van der Waals surface area contributed by atoms with Crippen molar-refractivity contribution in [2.24, 2.45) is 0 Å². The van der Waals surface area contributed by atoms with Crippen LogP contribution in [-0.4, -0.2) is 4.70 Å². The number of rotatable bonds is 48. The van der Waals surface area contributed by atoms with E-state index in [-0.39, 0.29) is 20.4 Å². The molecule has 1 aliphatic rings. The Bertz CT molecular complexity index is 2180. The van der Waals surface area contributed by atoms with Crippen LogP contribution in [0.15, 0.2) is 96.1 Å². The molecule has 0 fully saturated rings. The number of allylic oxidation sites excluding steroid dienone is 2. The Morgan fingerprint density at radius 3 is 0.765 bits per heavy atom. The Labute approximate surface area is 542 Å². The molecule has 1 aliphatic heterocycles. The van der Waals surface area contributed by atoms with E-state index in [0.717, 1.165) is 49.9 Å². The van der Waals surface area contributed by atoms with Gasteiger partial charge in [0.05, 0.1) is 0 Å². The molecule has 0 amide bonds. The molecule has 2 nitrogen and oxygen atoms in total. The summed E-state index contributed by atoms with van der Waals surface area (Å²) in [5, 5.41) is 0. The van der Waals surface area contributed by atoms with Crippen LogP contribution in [0.4, 0.5) is 0 Å². The van der Waals surface area contributed by atoms with Crippen molar-refractivity contribution in [1.29, 1.82) is 0 Å². The molecule has 0 saturated carbocycles. The fraction of sp³-hybridized carbons (Fsp3) is 0.659. The third-order valence-electron chi connectivity index (χ3n) is 17.8. The third-order valence-corrected chi connectivity index (χ3v) is 17.8. The molecule has 0 aromatic heterocycles. The van der Waals surface area contributed by atoms with E-state index in [0.29, 0.717) is 0 Å². The van der Waals surface area contributed by atoms with E-state index >= 15 is 0 Å². The summed E-state index contributed by atoms with van der Waals surface area (Å²) >= 11 is 0. The van der Waals surface area contributed by atoms with Crippen LogP contribution in [0.5, 0.6) is 0 Å². The smallest absolute Gasteiger partial charge is 0.493 e. The second-order valence-corrected chi connectivity index (χ2v) is 25.6. The predicted molar refractivity (Wildman–Crippen MR) is 373 cm³/mol. The van der Waals surface area contributed by atoms with Gasteiger partial charge < -0.3 is 5.53 Å². The summed E-state index contributed by atoms with van der Waals surface area (Å²) in [5.74, 6) is 0. The van der Waals surface area contributed by atoms with Gasteiger partial charge in [-0.15, -0.1) is 0 Å². The number of hydrogen-bond acceptors (Lipinski definition) is 0. The maximum absolute atomic E-state index is 12.7. The number of nitrogens with zero attached hydrogens (tertiary/aromatic N) is 2. The van der Waals surface area contributed by atoms with Crippen LogP contribution in [0.2, 0.25) is 0 Å². The van der Waals surface area contributed by atoms with E-state index in [1.54, 1.807) is 4.70 Å². The van der Waals surface area contributed by atoms with E-state index < -0.39 is 0 Å². The number of benzene rings is 4. The van der Waals surface area contributed by atoms with Crippen LogP contribution >= 0.6 is 0 Å². The van der Waals surface area contributed by atoms with E-state index in [9.17, 15) is 5.53 Å². The van der Waals surface area contributed by atoms with Gasteiger partial charge in [0.1, 0.15) is 0 Å². The zero-order valence-corrected chi connectivity index (χ0v) is 58.4. The SMILES string of the molecule is CCCCCCCCCCCCCCCCCCCCCCCCCCCCCCC1=C(c2cc(CC)cc(CC)c2)[N+](=[N-])C(c2cc(CCCCCC)cc(CCCCCC)c2)=C1CCCCCC.Cc1cc[c-]cc1.Cc1cc[c-]cc1.[Pd+2]. The van der Waals surface area contributed by atoms with Crippen LogP contribution in [0.1, 0.15) is 356 Å². The molecule has 0 atom stereocenters. The summed E-state index contributed by atoms with van der Waals surface area (Å²) < 4.78 is 1.69. The van der Waals surface area contributed by atoms with Crippen molar-refractivity contribution in [1.82, 2.24) is 0 Å². The van der Waals surface area contributed by atoms with Crippen molar-refractivity contribution in [2.75, 3.05) is 0 Å². The first-order chi connectivity index (χ1) is 41.3. The first kappa shape index (κ1) is 77.7. The van der Waals surface area contributed by atoms with Gasteiger partial charge in [0.15, 0.2) is 0 Å². The van der Waals surface area contributed by atoms with Crippen LogP contribution in [0, 0.1) is 26.0 Å². The molecule has 4 aromatic rings. The van der Waals surface area contributed by atoms with Crippen molar-refractivity contribution >= 4 is 11.4 Å². The largest absolute Gasteiger partial charge is 2.00 e. The molecule has 85 heavy (non-hydrogen) atoms. The van der Waals surface area contributed by atoms with Crippen LogP contribution in [0.3, 0.4) is 0 Å². The minimum atomic E-state index is 0. The van der Waals surface area contributed by atoms with E-state index in [1.165, 1.54) is 312 Å². The van der Waals surface area contributed by atoms with Gasteiger partial charge in [0, 0.05) is 22.3 Å². The standard InChI is InChI=1S/C68H116N2.2C7H7.Pd/c1-7-13-17-21-22-23-24-25-26-27-28-29-30-31-32-33-34-35-36-37-38-39-40-41-42-43-44-48-52-66-65(51-47-20-16-10-4)68(70(69)67(66)63-55-59(11-5)53-60(12-6)56-63)64-57-61(49-45-18-14-8-2)54-62(58-64)50-46-19-15-9-3;2*1-7-5-3-2-4-6-7;/h53-58H,7-52H2,1-6H3;2*3-6H,1H3;/q;2*-1;+2. The van der Waals surface area contributed by atoms with Crippen molar-refractivity contribution in [3.05, 3.63) is 158 Å². The molecule has 0 bridgehead atoms. The number of hydrogen-bond donors (Lipinski definition) is 0. The summed E-state index contributed by atoms with van der Waals surface area (Å²) in [7, 11) is 0. The maximum atomic E-state index is 12.7. The average molecular weight is 1250 g/mol. The van der Waals surface area contributed by atoms with Crippen LogP contribution < -0.4 is 0 Å². The molecule has 0 unspecified atom stereocenters. The zero-order chi connectivity index (χ0) is 60.3. The van der Waals surface area contributed by atoms with Crippen molar-refractivity contribution < 1.29 is 25.1 Å². The Balaban J connectivity index is 0.00000143. The molecule has 4 aromatic carbocycles. The van der Waals surface area contributed by atoms with E-state index in [1.807, 2.05) is 48.5 Å². The van der Waals surface area contributed by atoms with Gasteiger partial charge in [-0.1, -0.05) is 299 Å². The van der Waals surface area contributed by atoms with Gasteiger partial charge in [0.2, 0.25) is 11.4 Å². The van der Waals surface area contributed by atoms with E-state index in [4.69, 9.17) is 0 Å². The van der Waals surface area contributed by atoms with Gasteiger partial charge in [-0.25, -0.2) is 4.70 Å². The number of unbranched alkanes of at least 4 members (excludes halogenated alkanes) is 36. The summed E-state index contributed by atoms with van der Waals surface area (Å²) in [6.07, 6.45) is 61.7. The second kappa shape index (κ2) is 53.6. The minimum absolute atomic E-state index is 0. The first-order valence-electron chi connectivity index (χ1n) is 36.4. The summed E-state index contributed by atoms with van der Waals surface area (Å²) in [5.41, 5.74) is 28.5. The van der Waals surface area contributed by atoms with Gasteiger partial charge in [-0.3, -0.25) is 0 Å². The molecule has 478 valence electrons. The summed E-state index contributed by atoms with van der Waals surface area (Å²) in [6, 6.07) is 36.2. The molecule has 3 heteroatoms. The average Bonchev–Trinajstić information content (AvgIpc) is 1.84. The van der Waals surface area contributed by atoms with E-state index in [2.05, 4.69) is 104 Å². The molecule has 5 rings (SSSR count). The fourth-order valence-corrected chi connectivity index (χ4v) is 12.4.